The predicted molar refractivity (Wildman–Crippen MR) is 106 cm³/mol. The lowest BCUT2D eigenvalue weighted by Gasteiger charge is -2.36. The zero-order chi connectivity index (χ0) is 19.3. The summed E-state index contributed by atoms with van der Waals surface area (Å²) in [4.78, 5) is 32.2. The molecule has 0 bridgehead atoms. The highest BCUT2D eigenvalue weighted by molar-refractivity contribution is 5.94. The Morgan fingerprint density at radius 1 is 1.11 bits per heavy atom. The minimum absolute atomic E-state index is 0.0216. The lowest BCUT2D eigenvalue weighted by molar-refractivity contribution is 0.0594. The average Bonchev–Trinajstić information content (AvgIpc) is 3.17. The van der Waals surface area contributed by atoms with Crippen LogP contribution in [0.3, 0.4) is 0 Å². The maximum Gasteiger partial charge on any atom is 0.257 e. The van der Waals surface area contributed by atoms with Gasteiger partial charge in [-0.25, -0.2) is 15.0 Å². The number of nitrogens with zero attached hydrogens (tertiary/aromatic N) is 6. The molecule has 0 N–H and O–H groups in total. The Balaban J connectivity index is 1.46. The second kappa shape index (κ2) is 8.29. The van der Waals surface area contributed by atoms with Gasteiger partial charge in [0.15, 0.2) is 5.82 Å². The Bertz CT molecular complexity index is 922. The highest BCUT2D eigenvalue weighted by atomic mass is 16.2. The van der Waals surface area contributed by atoms with Gasteiger partial charge in [0.05, 0.1) is 5.56 Å². The number of carbonyl (C=O) groups is 1. The highest BCUT2D eigenvalue weighted by Gasteiger charge is 2.27. The first-order chi connectivity index (χ1) is 13.7. The van der Waals surface area contributed by atoms with Crippen LogP contribution in [0.15, 0.2) is 49.3 Å². The third-order valence-electron chi connectivity index (χ3n) is 5.35. The summed E-state index contributed by atoms with van der Waals surface area (Å²) in [6.07, 6.45) is 14.7. The summed E-state index contributed by atoms with van der Waals surface area (Å²) < 4.78 is 2.14. The third kappa shape index (κ3) is 3.93. The fourth-order valence-electron chi connectivity index (χ4n) is 3.75. The smallest absolute Gasteiger partial charge is 0.257 e. The van der Waals surface area contributed by atoms with E-state index in [0.717, 1.165) is 50.2 Å². The molecule has 4 heterocycles. The van der Waals surface area contributed by atoms with Crippen LogP contribution in [0.2, 0.25) is 0 Å². The Morgan fingerprint density at radius 2 is 1.89 bits per heavy atom. The molecule has 1 aliphatic heterocycles. The van der Waals surface area contributed by atoms with Crippen molar-refractivity contribution in [1.29, 1.82) is 0 Å². The van der Waals surface area contributed by atoms with E-state index in [4.69, 9.17) is 0 Å². The van der Waals surface area contributed by atoms with Crippen LogP contribution in [-0.4, -0.2) is 47.9 Å². The molecule has 1 unspecified atom stereocenters. The molecule has 4 rings (SSSR count). The molecule has 1 fully saturated rings. The van der Waals surface area contributed by atoms with Crippen LogP contribution in [0.25, 0.3) is 11.4 Å². The van der Waals surface area contributed by atoms with Gasteiger partial charge in [-0.3, -0.25) is 9.78 Å². The van der Waals surface area contributed by atoms with Gasteiger partial charge in [-0.05, 0) is 44.7 Å². The first-order valence-electron chi connectivity index (χ1n) is 9.73. The number of hydrogen-bond donors (Lipinski definition) is 0. The fraction of sp³-hybridized carbons (Fsp3) is 0.381. The molecule has 0 radical (unpaired) electrons. The maximum atomic E-state index is 13.1. The van der Waals surface area contributed by atoms with E-state index < -0.39 is 0 Å². The van der Waals surface area contributed by atoms with Gasteiger partial charge >= 0.3 is 0 Å². The molecule has 3 aromatic rings. The monoisotopic (exact) mass is 376 g/mol. The van der Waals surface area contributed by atoms with Crippen LogP contribution < -0.4 is 0 Å². The standard InChI is InChI=1S/C21H24N6O/c1-16-23-10-13-26(16)12-7-19-4-2-3-11-27(19)21(28)18-14-24-20(25-15-18)17-5-8-22-9-6-17/h5-6,8-10,13-15,19H,2-4,7,11-12H2,1H3. The van der Waals surface area contributed by atoms with Crippen molar-refractivity contribution in [1.82, 2.24) is 29.4 Å². The minimum Gasteiger partial charge on any atom is -0.336 e. The molecule has 144 valence electrons. The van der Waals surface area contributed by atoms with Crippen LogP contribution in [0.4, 0.5) is 0 Å². The Hall–Kier alpha value is -3.09. The van der Waals surface area contributed by atoms with Crippen molar-refractivity contribution in [3.8, 4) is 11.4 Å². The summed E-state index contributed by atoms with van der Waals surface area (Å²) in [5, 5.41) is 0. The summed E-state index contributed by atoms with van der Waals surface area (Å²) >= 11 is 0. The zero-order valence-electron chi connectivity index (χ0n) is 16.0. The number of aryl methyl sites for hydroxylation is 2. The van der Waals surface area contributed by atoms with E-state index in [-0.39, 0.29) is 11.9 Å². The molecule has 1 amide bonds. The molecular formula is C21H24N6O. The average molecular weight is 376 g/mol. The van der Waals surface area contributed by atoms with Gasteiger partial charge in [0, 0.05) is 61.9 Å². The van der Waals surface area contributed by atoms with Crippen molar-refractivity contribution in [2.45, 2.75) is 45.2 Å². The second-order valence-electron chi connectivity index (χ2n) is 7.14. The number of rotatable bonds is 5. The summed E-state index contributed by atoms with van der Waals surface area (Å²) in [6, 6.07) is 3.95. The first-order valence-corrected chi connectivity index (χ1v) is 9.73. The predicted octanol–water partition coefficient (Wildman–Crippen LogP) is 3.13. The maximum absolute atomic E-state index is 13.1. The number of piperidine rings is 1. The van der Waals surface area contributed by atoms with E-state index in [1.165, 1.54) is 0 Å². The van der Waals surface area contributed by atoms with Gasteiger partial charge in [0.2, 0.25) is 0 Å². The van der Waals surface area contributed by atoms with E-state index in [1.54, 1.807) is 24.8 Å². The SMILES string of the molecule is Cc1nccn1CCC1CCCCN1C(=O)c1cnc(-c2ccncc2)nc1. The lowest BCUT2D eigenvalue weighted by Crippen LogP contribution is -2.44. The van der Waals surface area contributed by atoms with E-state index in [1.807, 2.05) is 36.4 Å². The van der Waals surface area contributed by atoms with Crippen molar-refractivity contribution in [3.05, 3.63) is 60.7 Å². The van der Waals surface area contributed by atoms with Crippen LogP contribution in [0.5, 0.6) is 0 Å². The topological polar surface area (TPSA) is 76.8 Å². The largest absolute Gasteiger partial charge is 0.336 e. The van der Waals surface area contributed by atoms with Crippen molar-refractivity contribution in [2.24, 2.45) is 0 Å². The summed E-state index contributed by atoms with van der Waals surface area (Å²) in [5.41, 5.74) is 1.43. The number of pyridine rings is 1. The van der Waals surface area contributed by atoms with Crippen molar-refractivity contribution in [2.75, 3.05) is 6.54 Å². The molecule has 7 heteroatoms. The number of hydrogen-bond acceptors (Lipinski definition) is 5. The molecule has 1 saturated heterocycles. The quantitative estimate of drug-likeness (QED) is 0.684. The second-order valence-corrected chi connectivity index (χ2v) is 7.14. The first kappa shape index (κ1) is 18.3. The van der Waals surface area contributed by atoms with Crippen molar-refractivity contribution >= 4 is 5.91 Å². The van der Waals surface area contributed by atoms with Gasteiger partial charge in [-0.1, -0.05) is 0 Å². The number of likely N-dealkylation sites (tertiary alicyclic amines) is 1. The molecule has 0 aliphatic carbocycles. The minimum atomic E-state index is 0.0216. The normalized spacial score (nSPS) is 16.9. The fourth-order valence-corrected chi connectivity index (χ4v) is 3.75. The zero-order valence-corrected chi connectivity index (χ0v) is 16.0. The van der Waals surface area contributed by atoms with E-state index >= 15 is 0 Å². The highest BCUT2D eigenvalue weighted by Crippen LogP contribution is 2.23. The van der Waals surface area contributed by atoms with Gasteiger partial charge < -0.3 is 9.47 Å². The Kier molecular flexibility index (Phi) is 5.41. The summed E-state index contributed by atoms with van der Waals surface area (Å²) in [7, 11) is 0. The molecular weight excluding hydrogens is 352 g/mol. The van der Waals surface area contributed by atoms with E-state index in [0.29, 0.717) is 11.4 Å². The molecule has 0 spiro atoms. The third-order valence-corrected chi connectivity index (χ3v) is 5.35. The molecule has 0 aromatic carbocycles. The number of aromatic nitrogens is 5. The molecule has 1 aliphatic rings. The summed E-state index contributed by atoms with van der Waals surface area (Å²) in [5.74, 6) is 1.63. The summed E-state index contributed by atoms with van der Waals surface area (Å²) in [6.45, 7) is 3.67. The van der Waals surface area contributed by atoms with Gasteiger partial charge in [-0.2, -0.15) is 0 Å². The van der Waals surface area contributed by atoms with Gasteiger partial charge in [0.1, 0.15) is 5.82 Å². The molecule has 3 aromatic heterocycles. The van der Waals surface area contributed by atoms with E-state index in [9.17, 15) is 4.79 Å². The molecule has 1 atom stereocenters. The Labute approximate surface area is 164 Å². The Morgan fingerprint density at radius 3 is 2.61 bits per heavy atom. The number of carbonyl (C=O) groups excluding carboxylic acids is 1. The van der Waals surface area contributed by atoms with Crippen LogP contribution in [0, 0.1) is 6.92 Å². The van der Waals surface area contributed by atoms with Gasteiger partial charge in [0.25, 0.3) is 5.91 Å². The van der Waals surface area contributed by atoms with Crippen molar-refractivity contribution in [3.63, 3.8) is 0 Å². The van der Waals surface area contributed by atoms with Crippen molar-refractivity contribution < 1.29 is 4.79 Å². The number of imidazole rings is 1. The van der Waals surface area contributed by atoms with Crippen LogP contribution in [0.1, 0.15) is 41.9 Å². The molecule has 0 saturated carbocycles. The van der Waals surface area contributed by atoms with Crippen LogP contribution >= 0.6 is 0 Å². The number of amides is 1. The lowest BCUT2D eigenvalue weighted by atomic mass is 9.98. The van der Waals surface area contributed by atoms with E-state index in [2.05, 4.69) is 24.5 Å². The molecule has 7 nitrogen and oxygen atoms in total. The van der Waals surface area contributed by atoms with Gasteiger partial charge in [-0.15, -0.1) is 0 Å². The van der Waals surface area contributed by atoms with Crippen LogP contribution in [-0.2, 0) is 6.54 Å². The molecule has 28 heavy (non-hydrogen) atoms.